The fourth-order valence-corrected chi connectivity index (χ4v) is 2.12. The molecule has 0 amide bonds. The van der Waals surface area contributed by atoms with Gasteiger partial charge >= 0.3 is 0 Å². The van der Waals surface area contributed by atoms with Gasteiger partial charge in [-0.25, -0.2) is 0 Å². The zero-order valence-electron chi connectivity index (χ0n) is 7.99. The molecule has 1 saturated heterocycles. The Morgan fingerprint density at radius 2 is 1.92 bits per heavy atom. The van der Waals surface area contributed by atoms with Gasteiger partial charge in [-0.05, 0) is 30.4 Å². The van der Waals surface area contributed by atoms with Crippen LogP contribution >= 0.6 is 11.8 Å². The maximum absolute atomic E-state index is 5.40. The molecular formula is C11H14OS. The van der Waals surface area contributed by atoms with E-state index in [2.05, 4.69) is 38.1 Å². The van der Waals surface area contributed by atoms with Crippen molar-refractivity contribution < 1.29 is 4.74 Å². The van der Waals surface area contributed by atoms with E-state index in [1.807, 2.05) is 11.8 Å². The molecule has 1 aliphatic heterocycles. The Morgan fingerprint density at radius 1 is 1.31 bits per heavy atom. The molecule has 0 radical (unpaired) electrons. The highest BCUT2D eigenvalue weighted by Gasteiger charge is 2.35. The summed E-state index contributed by atoms with van der Waals surface area (Å²) in [5.41, 5.74) is 1.31. The van der Waals surface area contributed by atoms with Crippen LogP contribution in [0.5, 0.6) is 0 Å². The third-order valence-corrected chi connectivity index (χ3v) is 3.12. The van der Waals surface area contributed by atoms with E-state index in [1.165, 1.54) is 10.5 Å². The summed E-state index contributed by atoms with van der Waals surface area (Å²) in [6.45, 7) is 4.28. The number of ether oxygens (including phenoxy) is 1. The SMILES string of the molecule is CCSc1ccc(C2OC2C)cc1. The Hall–Kier alpha value is -0.470. The quantitative estimate of drug-likeness (QED) is 0.541. The lowest BCUT2D eigenvalue weighted by Crippen LogP contribution is -1.83. The summed E-state index contributed by atoms with van der Waals surface area (Å²) in [5.74, 6) is 1.13. The summed E-state index contributed by atoms with van der Waals surface area (Å²) < 4.78 is 5.40. The summed E-state index contributed by atoms with van der Waals surface area (Å²) in [4.78, 5) is 1.35. The summed E-state index contributed by atoms with van der Waals surface area (Å²) in [6.07, 6.45) is 0.783. The second kappa shape index (κ2) is 3.72. The summed E-state index contributed by atoms with van der Waals surface area (Å²) in [5, 5.41) is 0. The highest BCUT2D eigenvalue weighted by molar-refractivity contribution is 7.99. The lowest BCUT2D eigenvalue weighted by atomic mass is 10.1. The van der Waals surface area contributed by atoms with Crippen LogP contribution in [0.1, 0.15) is 25.5 Å². The van der Waals surface area contributed by atoms with Gasteiger partial charge < -0.3 is 4.74 Å². The molecule has 1 fully saturated rings. The van der Waals surface area contributed by atoms with E-state index in [1.54, 1.807) is 0 Å². The average molecular weight is 194 g/mol. The van der Waals surface area contributed by atoms with Crippen molar-refractivity contribution in [2.75, 3.05) is 5.75 Å². The van der Waals surface area contributed by atoms with Gasteiger partial charge in [0.25, 0.3) is 0 Å². The molecule has 0 N–H and O–H groups in total. The van der Waals surface area contributed by atoms with Gasteiger partial charge in [-0.15, -0.1) is 11.8 Å². The normalized spacial score (nSPS) is 26.0. The molecule has 13 heavy (non-hydrogen) atoms. The Balaban J connectivity index is 2.06. The highest BCUT2D eigenvalue weighted by atomic mass is 32.2. The summed E-state index contributed by atoms with van der Waals surface area (Å²) >= 11 is 1.88. The van der Waals surface area contributed by atoms with Crippen molar-refractivity contribution >= 4 is 11.8 Å². The first kappa shape index (κ1) is 9.10. The standard InChI is InChI=1S/C11H14OS/c1-3-13-10-6-4-9(5-7-10)11-8(2)12-11/h4-8,11H,3H2,1-2H3. The van der Waals surface area contributed by atoms with Crippen molar-refractivity contribution in [1.29, 1.82) is 0 Å². The maximum atomic E-state index is 5.40. The van der Waals surface area contributed by atoms with Crippen molar-refractivity contribution in [2.45, 2.75) is 31.0 Å². The fraction of sp³-hybridized carbons (Fsp3) is 0.455. The monoisotopic (exact) mass is 194 g/mol. The molecule has 1 nitrogen and oxygen atoms in total. The molecule has 0 saturated carbocycles. The Morgan fingerprint density at radius 3 is 2.38 bits per heavy atom. The van der Waals surface area contributed by atoms with Crippen LogP contribution in [0.15, 0.2) is 29.2 Å². The molecule has 0 aliphatic carbocycles. The molecule has 2 rings (SSSR count). The fourth-order valence-electron chi connectivity index (χ4n) is 1.46. The van der Waals surface area contributed by atoms with Crippen molar-refractivity contribution in [1.82, 2.24) is 0 Å². The molecule has 1 aliphatic rings. The van der Waals surface area contributed by atoms with Gasteiger partial charge in [-0.3, -0.25) is 0 Å². The Bertz CT molecular complexity index is 281. The van der Waals surface area contributed by atoms with Crippen LogP contribution in [-0.2, 0) is 4.74 Å². The molecule has 2 unspecified atom stereocenters. The van der Waals surface area contributed by atoms with Crippen LogP contribution in [0.25, 0.3) is 0 Å². The van der Waals surface area contributed by atoms with Gasteiger partial charge in [0.2, 0.25) is 0 Å². The largest absolute Gasteiger partial charge is 0.365 e. The number of thioether (sulfide) groups is 1. The molecule has 2 heteroatoms. The molecule has 70 valence electrons. The minimum Gasteiger partial charge on any atom is -0.365 e. The lowest BCUT2D eigenvalue weighted by molar-refractivity contribution is 0.383. The first-order valence-corrected chi connectivity index (χ1v) is 5.68. The number of hydrogen-bond acceptors (Lipinski definition) is 2. The summed E-state index contributed by atoms with van der Waals surface area (Å²) in [6, 6.07) is 8.70. The number of benzene rings is 1. The predicted molar refractivity (Wildman–Crippen MR) is 56.1 cm³/mol. The van der Waals surface area contributed by atoms with E-state index in [9.17, 15) is 0 Å². The van der Waals surface area contributed by atoms with Gasteiger partial charge in [0, 0.05) is 4.90 Å². The van der Waals surface area contributed by atoms with E-state index < -0.39 is 0 Å². The van der Waals surface area contributed by atoms with Crippen LogP contribution < -0.4 is 0 Å². The van der Waals surface area contributed by atoms with Crippen LogP contribution in [0.4, 0.5) is 0 Å². The van der Waals surface area contributed by atoms with Gasteiger partial charge in [0.15, 0.2) is 0 Å². The molecule has 0 spiro atoms. The second-order valence-corrected chi connectivity index (χ2v) is 4.60. The van der Waals surface area contributed by atoms with E-state index in [4.69, 9.17) is 4.74 Å². The van der Waals surface area contributed by atoms with Crippen molar-refractivity contribution in [2.24, 2.45) is 0 Å². The summed E-state index contributed by atoms with van der Waals surface area (Å²) in [7, 11) is 0. The molecule has 2 atom stereocenters. The van der Waals surface area contributed by atoms with Crippen LogP contribution in [0.2, 0.25) is 0 Å². The number of epoxide rings is 1. The van der Waals surface area contributed by atoms with Crippen molar-refractivity contribution in [3.8, 4) is 0 Å². The van der Waals surface area contributed by atoms with Gasteiger partial charge in [-0.1, -0.05) is 19.1 Å². The maximum Gasteiger partial charge on any atom is 0.109 e. The van der Waals surface area contributed by atoms with Crippen LogP contribution in [0, 0.1) is 0 Å². The second-order valence-electron chi connectivity index (χ2n) is 3.26. The zero-order valence-corrected chi connectivity index (χ0v) is 8.80. The Kier molecular flexibility index (Phi) is 2.61. The smallest absolute Gasteiger partial charge is 0.109 e. The first-order valence-electron chi connectivity index (χ1n) is 4.69. The zero-order chi connectivity index (χ0) is 9.26. The third-order valence-electron chi connectivity index (χ3n) is 2.23. The van der Waals surface area contributed by atoms with Gasteiger partial charge in [0.05, 0.1) is 6.10 Å². The third kappa shape index (κ3) is 2.06. The molecular weight excluding hydrogens is 180 g/mol. The van der Waals surface area contributed by atoms with Crippen LogP contribution in [-0.4, -0.2) is 11.9 Å². The molecule has 0 bridgehead atoms. The highest BCUT2D eigenvalue weighted by Crippen LogP contribution is 2.38. The molecule has 1 aromatic carbocycles. The van der Waals surface area contributed by atoms with E-state index in [-0.39, 0.29) is 0 Å². The average Bonchev–Trinajstić information content (AvgIpc) is 2.85. The van der Waals surface area contributed by atoms with Gasteiger partial charge in [0.1, 0.15) is 6.10 Å². The van der Waals surface area contributed by atoms with Crippen molar-refractivity contribution in [3.05, 3.63) is 29.8 Å². The van der Waals surface area contributed by atoms with E-state index in [0.29, 0.717) is 12.2 Å². The van der Waals surface area contributed by atoms with Crippen LogP contribution in [0.3, 0.4) is 0 Å². The first-order chi connectivity index (χ1) is 6.31. The Labute approximate surface area is 83.5 Å². The molecule has 0 aromatic heterocycles. The molecule has 1 aromatic rings. The minimum absolute atomic E-state index is 0.362. The lowest BCUT2D eigenvalue weighted by Gasteiger charge is -1.99. The van der Waals surface area contributed by atoms with E-state index in [0.717, 1.165) is 5.75 Å². The molecule has 1 heterocycles. The van der Waals surface area contributed by atoms with E-state index >= 15 is 0 Å². The minimum atomic E-state index is 0.362. The number of rotatable bonds is 3. The van der Waals surface area contributed by atoms with Crippen molar-refractivity contribution in [3.63, 3.8) is 0 Å². The van der Waals surface area contributed by atoms with Gasteiger partial charge in [-0.2, -0.15) is 0 Å². The number of hydrogen-bond donors (Lipinski definition) is 0. The predicted octanol–water partition coefficient (Wildman–Crippen LogP) is 3.26. The topological polar surface area (TPSA) is 12.5 Å².